The zero-order chi connectivity index (χ0) is 15.2. The number of nitrogens with one attached hydrogen (secondary N) is 2. The van der Waals surface area contributed by atoms with Crippen LogP contribution in [0.2, 0.25) is 0 Å². The molecule has 1 saturated carbocycles. The molecule has 1 aliphatic rings. The van der Waals surface area contributed by atoms with Gasteiger partial charge in [0.15, 0.2) is 0 Å². The van der Waals surface area contributed by atoms with Crippen molar-refractivity contribution in [3.63, 3.8) is 0 Å². The Hall–Kier alpha value is -1.82. The average Bonchev–Trinajstić information content (AvgIpc) is 3.21. The van der Waals surface area contributed by atoms with Gasteiger partial charge in [0.25, 0.3) is 0 Å². The number of carbonyl (C=O) groups excluding carboxylic acids is 2. The summed E-state index contributed by atoms with van der Waals surface area (Å²) in [6.45, 7) is 3.56. The van der Waals surface area contributed by atoms with Gasteiger partial charge in [-0.1, -0.05) is 0 Å². The molecule has 2 rings (SSSR count). The van der Waals surface area contributed by atoms with Crippen LogP contribution in [0.15, 0.2) is 16.5 Å². The molecule has 0 radical (unpaired) electrons. The number of amides is 3. The molecule has 0 bridgehead atoms. The van der Waals surface area contributed by atoms with E-state index in [1.807, 2.05) is 19.1 Å². The standard InChI is InChI=1S/C15H23N3O3/c1-11-5-8-13(21-11)10-18(12-6-7-12)9-3-4-14(19)17-15(20)16-2/h5,8,12H,3-4,6-7,9-10H2,1-2H3,(H2,16,17,19,20). The second-order valence-electron chi connectivity index (χ2n) is 5.44. The summed E-state index contributed by atoms with van der Waals surface area (Å²) in [5.41, 5.74) is 0. The van der Waals surface area contributed by atoms with Crippen LogP contribution in [0.25, 0.3) is 0 Å². The van der Waals surface area contributed by atoms with Gasteiger partial charge < -0.3 is 9.73 Å². The van der Waals surface area contributed by atoms with Gasteiger partial charge in [-0.05, 0) is 44.9 Å². The molecule has 1 aliphatic carbocycles. The molecule has 6 nitrogen and oxygen atoms in total. The molecule has 0 unspecified atom stereocenters. The molecule has 0 atom stereocenters. The lowest BCUT2D eigenvalue weighted by Crippen LogP contribution is -2.37. The fraction of sp³-hybridized carbons (Fsp3) is 0.600. The van der Waals surface area contributed by atoms with Crippen LogP contribution in [0.5, 0.6) is 0 Å². The lowest BCUT2D eigenvalue weighted by Gasteiger charge is -2.20. The maximum atomic E-state index is 11.5. The zero-order valence-electron chi connectivity index (χ0n) is 12.6. The van der Waals surface area contributed by atoms with E-state index in [1.54, 1.807) is 0 Å². The van der Waals surface area contributed by atoms with Crippen molar-refractivity contribution >= 4 is 11.9 Å². The second-order valence-corrected chi connectivity index (χ2v) is 5.44. The first-order valence-electron chi connectivity index (χ1n) is 7.39. The molecule has 0 aromatic carbocycles. The molecule has 116 valence electrons. The summed E-state index contributed by atoms with van der Waals surface area (Å²) in [5, 5.41) is 4.64. The van der Waals surface area contributed by atoms with Gasteiger partial charge >= 0.3 is 6.03 Å². The topological polar surface area (TPSA) is 74.6 Å². The highest BCUT2D eigenvalue weighted by Gasteiger charge is 2.29. The number of imide groups is 1. The Labute approximate surface area is 124 Å². The summed E-state index contributed by atoms with van der Waals surface area (Å²) in [4.78, 5) is 24.9. The average molecular weight is 293 g/mol. The van der Waals surface area contributed by atoms with E-state index < -0.39 is 6.03 Å². The van der Waals surface area contributed by atoms with Crippen LogP contribution in [-0.2, 0) is 11.3 Å². The predicted octanol–water partition coefficient (Wildman–Crippen LogP) is 1.79. The molecule has 3 amide bonds. The molecule has 1 heterocycles. The third kappa shape index (κ3) is 5.23. The van der Waals surface area contributed by atoms with Crippen LogP contribution >= 0.6 is 0 Å². The predicted molar refractivity (Wildman–Crippen MR) is 78.7 cm³/mol. The van der Waals surface area contributed by atoms with Gasteiger partial charge in [-0.3, -0.25) is 15.0 Å². The lowest BCUT2D eigenvalue weighted by atomic mass is 10.2. The second kappa shape index (κ2) is 7.26. The van der Waals surface area contributed by atoms with E-state index in [1.165, 1.54) is 19.9 Å². The quantitative estimate of drug-likeness (QED) is 0.803. The van der Waals surface area contributed by atoms with E-state index >= 15 is 0 Å². The molecular weight excluding hydrogens is 270 g/mol. The summed E-state index contributed by atoms with van der Waals surface area (Å²) in [6.07, 6.45) is 3.51. The number of aryl methyl sites for hydroxylation is 1. The molecule has 1 aromatic rings. The molecule has 21 heavy (non-hydrogen) atoms. The molecule has 0 aliphatic heterocycles. The Balaban J connectivity index is 1.73. The number of nitrogens with zero attached hydrogens (tertiary/aromatic N) is 1. The fourth-order valence-corrected chi connectivity index (χ4v) is 2.30. The van der Waals surface area contributed by atoms with Crippen molar-refractivity contribution in [1.29, 1.82) is 0 Å². The minimum atomic E-state index is -0.454. The molecule has 6 heteroatoms. The highest BCUT2D eigenvalue weighted by molar-refractivity contribution is 5.94. The van der Waals surface area contributed by atoms with Gasteiger partial charge in [-0.25, -0.2) is 4.79 Å². The van der Waals surface area contributed by atoms with Crippen LogP contribution in [0.4, 0.5) is 4.79 Å². The first-order valence-corrected chi connectivity index (χ1v) is 7.39. The Kier molecular flexibility index (Phi) is 5.38. The Morgan fingerprint density at radius 1 is 1.38 bits per heavy atom. The van der Waals surface area contributed by atoms with Crippen molar-refractivity contribution in [3.05, 3.63) is 23.7 Å². The first kappa shape index (κ1) is 15.6. The summed E-state index contributed by atoms with van der Waals surface area (Å²) in [6, 6.07) is 4.13. The van der Waals surface area contributed by atoms with Crippen LogP contribution in [0.3, 0.4) is 0 Å². The minimum absolute atomic E-state index is 0.237. The van der Waals surface area contributed by atoms with Crippen molar-refractivity contribution in [1.82, 2.24) is 15.5 Å². The van der Waals surface area contributed by atoms with Crippen LogP contribution in [-0.4, -0.2) is 36.5 Å². The minimum Gasteiger partial charge on any atom is -0.465 e. The van der Waals surface area contributed by atoms with E-state index in [-0.39, 0.29) is 5.91 Å². The van der Waals surface area contributed by atoms with E-state index in [9.17, 15) is 9.59 Å². The van der Waals surface area contributed by atoms with Crippen molar-refractivity contribution in [3.8, 4) is 0 Å². The third-order valence-corrected chi connectivity index (χ3v) is 3.55. The highest BCUT2D eigenvalue weighted by Crippen LogP contribution is 2.28. The van der Waals surface area contributed by atoms with Crippen LogP contribution in [0.1, 0.15) is 37.2 Å². The van der Waals surface area contributed by atoms with Crippen molar-refractivity contribution in [2.75, 3.05) is 13.6 Å². The first-order chi connectivity index (χ1) is 10.1. The largest absolute Gasteiger partial charge is 0.465 e. The summed E-state index contributed by atoms with van der Waals surface area (Å²) >= 11 is 0. The van der Waals surface area contributed by atoms with Crippen molar-refractivity contribution in [2.45, 2.75) is 45.2 Å². The molecule has 1 aromatic heterocycles. The molecule has 2 N–H and O–H groups in total. The summed E-state index contributed by atoms with van der Waals surface area (Å²) in [5.74, 6) is 1.65. The van der Waals surface area contributed by atoms with E-state index in [0.29, 0.717) is 12.5 Å². The van der Waals surface area contributed by atoms with Gasteiger partial charge in [0.2, 0.25) is 5.91 Å². The van der Waals surface area contributed by atoms with E-state index in [0.717, 1.165) is 31.0 Å². The molecular formula is C15H23N3O3. The third-order valence-electron chi connectivity index (χ3n) is 3.55. The van der Waals surface area contributed by atoms with Gasteiger partial charge in [-0.15, -0.1) is 0 Å². The van der Waals surface area contributed by atoms with Crippen LogP contribution < -0.4 is 10.6 Å². The van der Waals surface area contributed by atoms with Crippen molar-refractivity contribution in [2.24, 2.45) is 0 Å². The maximum absolute atomic E-state index is 11.5. The Morgan fingerprint density at radius 3 is 2.71 bits per heavy atom. The maximum Gasteiger partial charge on any atom is 0.321 e. The van der Waals surface area contributed by atoms with Gasteiger partial charge in [0, 0.05) is 19.5 Å². The molecule has 0 spiro atoms. The van der Waals surface area contributed by atoms with E-state index in [2.05, 4.69) is 15.5 Å². The fourth-order valence-electron chi connectivity index (χ4n) is 2.30. The Morgan fingerprint density at radius 2 is 2.14 bits per heavy atom. The number of rotatable bonds is 7. The van der Waals surface area contributed by atoms with Gasteiger partial charge in [-0.2, -0.15) is 0 Å². The van der Waals surface area contributed by atoms with Crippen molar-refractivity contribution < 1.29 is 14.0 Å². The lowest BCUT2D eigenvalue weighted by molar-refractivity contribution is -0.120. The monoisotopic (exact) mass is 293 g/mol. The normalized spacial score (nSPS) is 14.2. The van der Waals surface area contributed by atoms with Gasteiger partial charge in [0.1, 0.15) is 11.5 Å². The van der Waals surface area contributed by atoms with Crippen LogP contribution in [0, 0.1) is 6.92 Å². The smallest absolute Gasteiger partial charge is 0.321 e. The summed E-state index contributed by atoms with van der Waals surface area (Å²) < 4.78 is 5.61. The van der Waals surface area contributed by atoms with E-state index in [4.69, 9.17) is 4.42 Å². The molecule has 1 fully saturated rings. The number of urea groups is 1. The van der Waals surface area contributed by atoms with Gasteiger partial charge in [0.05, 0.1) is 6.54 Å². The zero-order valence-corrected chi connectivity index (χ0v) is 12.6. The SMILES string of the molecule is CNC(=O)NC(=O)CCCN(Cc1ccc(C)o1)C1CC1. The number of hydrogen-bond donors (Lipinski definition) is 2. The summed E-state index contributed by atoms with van der Waals surface area (Å²) in [7, 11) is 1.49. The number of furan rings is 1. The number of carbonyl (C=O) groups is 2. The Bertz CT molecular complexity index is 494. The highest BCUT2D eigenvalue weighted by atomic mass is 16.3. The number of hydrogen-bond acceptors (Lipinski definition) is 4. The molecule has 0 saturated heterocycles.